The number of nitrogens with zero attached hydrogens (tertiary/aromatic N) is 1. The van der Waals surface area contributed by atoms with Crippen LogP contribution in [0.4, 0.5) is 4.79 Å². The molecule has 0 fully saturated rings. The largest absolute Gasteiger partial charge is 0.477 e. The summed E-state index contributed by atoms with van der Waals surface area (Å²) in [4.78, 5) is 25.7. The molecule has 0 atom stereocenters. The maximum absolute atomic E-state index is 11.4. The summed E-state index contributed by atoms with van der Waals surface area (Å²) in [7, 11) is 0. The highest BCUT2D eigenvalue weighted by Crippen LogP contribution is 1.99. The minimum atomic E-state index is -1.07. The third kappa shape index (κ3) is 5.55. The van der Waals surface area contributed by atoms with Crippen LogP contribution in [0.15, 0.2) is 18.3 Å². The molecule has 1 aromatic rings. The molecule has 0 aromatic carbocycles. The van der Waals surface area contributed by atoms with Crippen LogP contribution in [0, 0.1) is 11.8 Å². The quantitative estimate of drug-likeness (QED) is 0.544. The molecule has 3 N–H and O–H groups in total. The van der Waals surface area contributed by atoms with Crippen molar-refractivity contribution in [3.8, 4) is 11.8 Å². The lowest BCUT2D eigenvalue weighted by molar-refractivity contribution is 0.0690. The maximum Gasteiger partial charge on any atom is 0.354 e. The Bertz CT molecular complexity index is 500. The molecule has 19 heavy (non-hydrogen) atoms. The Morgan fingerprint density at radius 3 is 2.74 bits per heavy atom. The van der Waals surface area contributed by atoms with Crippen molar-refractivity contribution in [1.29, 1.82) is 0 Å². The van der Waals surface area contributed by atoms with Crippen molar-refractivity contribution in [1.82, 2.24) is 15.6 Å². The van der Waals surface area contributed by atoms with Gasteiger partial charge >= 0.3 is 12.0 Å². The highest BCUT2D eigenvalue weighted by Gasteiger charge is 2.04. The first-order valence-electron chi connectivity index (χ1n) is 5.73. The van der Waals surface area contributed by atoms with Crippen LogP contribution < -0.4 is 10.6 Å². The fourth-order valence-electron chi connectivity index (χ4n) is 1.26. The Morgan fingerprint density at radius 1 is 1.37 bits per heavy atom. The molecule has 0 saturated heterocycles. The Labute approximate surface area is 111 Å². The average molecular weight is 261 g/mol. The lowest BCUT2D eigenvalue weighted by Crippen LogP contribution is -2.35. The minimum Gasteiger partial charge on any atom is -0.477 e. The molecule has 0 aliphatic carbocycles. The van der Waals surface area contributed by atoms with E-state index in [0.717, 1.165) is 5.56 Å². The number of nitrogens with one attached hydrogen (secondary N) is 2. The zero-order chi connectivity index (χ0) is 14.1. The van der Waals surface area contributed by atoms with Gasteiger partial charge in [0.05, 0.1) is 0 Å². The molecular weight excluding hydrogens is 246 g/mol. The van der Waals surface area contributed by atoms with E-state index in [9.17, 15) is 9.59 Å². The first-order valence-corrected chi connectivity index (χ1v) is 5.73. The third-order valence-electron chi connectivity index (χ3n) is 2.21. The van der Waals surface area contributed by atoms with E-state index in [4.69, 9.17) is 5.11 Å². The number of hydrogen-bond donors (Lipinski definition) is 3. The number of carbonyl (C=O) groups excluding carboxylic acids is 1. The Kier molecular flexibility index (Phi) is 5.89. The van der Waals surface area contributed by atoms with E-state index in [1.165, 1.54) is 12.3 Å². The van der Waals surface area contributed by atoms with Gasteiger partial charge in [0, 0.05) is 25.7 Å². The number of carboxylic acids is 1. The van der Waals surface area contributed by atoms with E-state index in [2.05, 4.69) is 27.5 Å². The number of pyridine rings is 1. The molecule has 0 saturated carbocycles. The van der Waals surface area contributed by atoms with E-state index < -0.39 is 5.97 Å². The van der Waals surface area contributed by atoms with Crippen LogP contribution in [0.1, 0.15) is 29.4 Å². The van der Waals surface area contributed by atoms with Crippen LogP contribution in [-0.4, -0.2) is 28.6 Å². The van der Waals surface area contributed by atoms with Gasteiger partial charge in [-0.1, -0.05) is 6.07 Å². The van der Waals surface area contributed by atoms with Gasteiger partial charge in [0.1, 0.15) is 5.69 Å². The number of carboxylic acid groups (broad SMARTS) is 1. The number of hydrogen-bond acceptors (Lipinski definition) is 3. The number of carbonyl (C=O) groups is 2. The monoisotopic (exact) mass is 261 g/mol. The van der Waals surface area contributed by atoms with Gasteiger partial charge in [-0.25, -0.2) is 14.6 Å². The predicted molar refractivity (Wildman–Crippen MR) is 69.5 cm³/mol. The van der Waals surface area contributed by atoms with Gasteiger partial charge in [-0.15, -0.1) is 11.8 Å². The number of aromatic nitrogens is 1. The minimum absolute atomic E-state index is 0.0219. The molecule has 0 spiro atoms. The van der Waals surface area contributed by atoms with Crippen molar-refractivity contribution >= 4 is 12.0 Å². The third-order valence-corrected chi connectivity index (χ3v) is 2.21. The van der Waals surface area contributed by atoms with Gasteiger partial charge in [-0.3, -0.25) is 0 Å². The normalized spacial score (nSPS) is 9.11. The molecular formula is C13H15N3O3. The van der Waals surface area contributed by atoms with Gasteiger partial charge in [0.15, 0.2) is 0 Å². The van der Waals surface area contributed by atoms with Crippen LogP contribution in [-0.2, 0) is 6.54 Å². The second-order valence-corrected chi connectivity index (χ2v) is 3.64. The molecule has 0 bridgehead atoms. The summed E-state index contributed by atoms with van der Waals surface area (Å²) in [6.45, 7) is 2.52. The molecule has 100 valence electrons. The SMILES string of the molecule is CC#CCCNC(=O)NCc1ccc(C(=O)O)nc1. The van der Waals surface area contributed by atoms with E-state index in [-0.39, 0.29) is 18.3 Å². The first kappa shape index (κ1) is 14.5. The summed E-state index contributed by atoms with van der Waals surface area (Å²) in [5.74, 6) is 4.50. The highest BCUT2D eigenvalue weighted by atomic mass is 16.4. The zero-order valence-electron chi connectivity index (χ0n) is 10.6. The van der Waals surface area contributed by atoms with E-state index >= 15 is 0 Å². The topological polar surface area (TPSA) is 91.3 Å². The molecule has 1 aromatic heterocycles. The van der Waals surface area contributed by atoms with Crippen molar-refractivity contribution in [3.63, 3.8) is 0 Å². The van der Waals surface area contributed by atoms with E-state index in [1.807, 2.05) is 0 Å². The molecule has 0 aliphatic rings. The Hall–Kier alpha value is -2.55. The van der Waals surface area contributed by atoms with Gasteiger partial charge in [0.25, 0.3) is 0 Å². The van der Waals surface area contributed by atoms with Gasteiger partial charge < -0.3 is 15.7 Å². The summed E-state index contributed by atoms with van der Waals surface area (Å²) in [5, 5.41) is 14.0. The average Bonchev–Trinajstić information content (AvgIpc) is 2.42. The summed E-state index contributed by atoms with van der Waals surface area (Å²) in [6.07, 6.45) is 2.03. The number of urea groups is 1. The molecule has 6 nitrogen and oxygen atoms in total. The summed E-state index contributed by atoms with van der Waals surface area (Å²) in [5.41, 5.74) is 0.708. The molecule has 0 unspecified atom stereocenters. The highest BCUT2D eigenvalue weighted by molar-refractivity contribution is 5.85. The standard InChI is InChI=1S/C13H15N3O3/c1-2-3-4-7-14-13(19)16-9-10-5-6-11(12(17)18)15-8-10/h5-6,8H,4,7,9H2,1H3,(H,17,18)(H2,14,16,19). The van der Waals surface area contributed by atoms with Gasteiger partial charge in [-0.05, 0) is 18.6 Å². The van der Waals surface area contributed by atoms with Gasteiger partial charge in [-0.2, -0.15) is 0 Å². The van der Waals surface area contributed by atoms with Crippen LogP contribution in [0.25, 0.3) is 0 Å². The van der Waals surface area contributed by atoms with Gasteiger partial charge in [0.2, 0.25) is 0 Å². The van der Waals surface area contributed by atoms with Crippen molar-refractivity contribution < 1.29 is 14.7 Å². The Balaban J connectivity index is 2.33. The van der Waals surface area contributed by atoms with Crippen molar-refractivity contribution in [2.75, 3.05) is 6.54 Å². The summed E-state index contributed by atoms with van der Waals surface area (Å²) < 4.78 is 0. The van der Waals surface area contributed by atoms with Crippen molar-refractivity contribution in [3.05, 3.63) is 29.6 Å². The fourth-order valence-corrected chi connectivity index (χ4v) is 1.26. The van der Waals surface area contributed by atoms with E-state index in [1.54, 1.807) is 13.0 Å². The van der Waals surface area contributed by atoms with Crippen molar-refractivity contribution in [2.24, 2.45) is 0 Å². The fraction of sp³-hybridized carbons (Fsp3) is 0.308. The first-order chi connectivity index (χ1) is 9.13. The molecule has 2 amide bonds. The Morgan fingerprint density at radius 2 is 2.16 bits per heavy atom. The van der Waals surface area contributed by atoms with Crippen LogP contribution >= 0.6 is 0 Å². The van der Waals surface area contributed by atoms with Crippen LogP contribution in [0.3, 0.4) is 0 Å². The maximum atomic E-state index is 11.4. The smallest absolute Gasteiger partial charge is 0.354 e. The number of amides is 2. The molecule has 1 rings (SSSR count). The lowest BCUT2D eigenvalue weighted by Gasteiger charge is -2.06. The molecule has 1 heterocycles. The number of aromatic carboxylic acids is 1. The van der Waals surface area contributed by atoms with Crippen molar-refractivity contribution in [2.45, 2.75) is 19.9 Å². The summed E-state index contributed by atoms with van der Waals surface area (Å²) >= 11 is 0. The van der Waals surface area contributed by atoms with E-state index in [0.29, 0.717) is 13.0 Å². The second kappa shape index (κ2) is 7.71. The zero-order valence-corrected chi connectivity index (χ0v) is 10.6. The molecule has 6 heteroatoms. The van der Waals surface area contributed by atoms with Crippen LogP contribution in [0.5, 0.6) is 0 Å². The second-order valence-electron chi connectivity index (χ2n) is 3.64. The molecule has 0 radical (unpaired) electrons. The van der Waals surface area contributed by atoms with Crippen LogP contribution in [0.2, 0.25) is 0 Å². The lowest BCUT2D eigenvalue weighted by atomic mass is 10.2. The summed E-state index contributed by atoms with van der Waals surface area (Å²) in [6, 6.07) is 2.72. The predicted octanol–water partition coefficient (Wildman–Crippen LogP) is 0.992. The molecule has 0 aliphatic heterocycles. The number of rotatable bonds is 5.